The highest BCUT2D eigenvalue weighted by molar-refractivity contribution is 6.07. The highest BCUT2D eigenvalue weighted by atomic mass is 16.5. The monoisotopic (exact) mass is 353 g/mol. The third-order valence-corrected chi connectivity index (χ3v) is 4.49. The third-order valence-electron chi connectivity index (χ3n) is 4.49. The first-order valence-electron chi connectivity index (χ1n) is 8.65. The SMILES string of the molecule is COc1ccccc1C(=O)Nc1cc(C(=O)N2CCNCC2)ccc1C. The van der Waals surface area contributed by atoms with Crippen molar-refractivity contribution in [1.82, 2.24) is 10.2 Å². The maximum atomic E-state index is 12.7. The Morgan fingerprint density at radius 3 is 2.58 bits per heavy atom. The molecule has 1 fully saturated rings. The number of benzene rings is 2. The molecule has 26 heavy (non-hydrogen) atoms. The average molecular weight is 353 g/mol. The van der Waals surface area contributed by atoms with Gasteiger partial charge >= 0.3 is 0 Å². The van der Waals surface area contributed by atoms with Crippen molar-refractivity contribution in [3.63, 3.8) is 0 Å². The number of carbonyl (C=O) groups is 2. The van der Waals surface area contributed by atoms with E-state index >= 15 is 0 Å². The van der Waals surface area contributed by atoms with Crippen LogP contribution >= 0.6 is 0 Å². The van der Waals surface area contributed by atoms with E-state index in [-0.39, 0.29) is 11.8 Å². The molecule has 0 unspecified atom stereocenters. The minimum Gasteiger partial charge on any atom is -0.496 e. The first-order chi connectivity index (χ1) is 12.6. The Labute approximate surface area is 153 Å². The number of hydrogen-bond donors (Lipinski definition) is 2. The normalized spacial score (nSPS) is 14.0. The van der Waals surface area contributed by atoms with Crippen molar-refractivity contribution in [2.45, 2.75) is 6.92 Å². The summed E-state index contributed by atoms with van der Waals surface area (Å²) in [4.78, 5) is 27.1. The first kappa shape index (κ1) is 17.9. The number of nitrogens with zero attached hydrogens (tertiary/aromatic N) is 1. The molecule has 3 rings (SSSR count). The van der Waals surface area contributed by atoms with Crippen LogP contribution < -0.4 is 15.4 Å². The molecular weight excluding hydrogens is 330 g/mol. The second-order valence-corrected chi connectivity index (χ2v) is 6.23. The molecule has 1 aliphatic rings. The standard InChI is InChI=1S/C20H23N3O3/c1-14-7-8-15(20(25)23-11-9-21-10-12-23)13-17(14)22-19(24)16-5-3-4-6-18(16)26-2/h3-8,13,21H,9-12H2,1-2H3,(H,22,24). The Morgan fingerprint density at radius 2 is 1.85 bits per heavy atom. The van der Waals surface area contributed by atoms with Crippen molar-refractivity contribution in [3.05, 3.63) is 59.2 Å². The van der Waals surface area contributed by atoms with Crippen LogP contribution in [0, 0.1) is 6.92 Å². The number of methoxy groups -OCH3 is 1. The number of para-hydroxylation sites is 1. The lowest BCUT2D eigenvalue weighted by Gasteiger charge is -2.27. The Hall–Kier alpha value is -2.86. The van der Waals surface area contributed by atoms with Crippen LogP contribution in [-0.4, -0.2) is 50.0 Å². The van der Waals surface area contributed by atoms with Gasteiger partial charge in [0, 0.05) is 37.4 Å². The molecule has 0 spiro atoms. The van der Waals surface area contributed by atoms with E-state index in [1.165, 1.54) is 7.11 Å². The van der Waals surface area contributed by atoms with Crippen LogP contribution in [0.15, 0.2) is 42.5 Å². The molecule has 1 aliphatic heterocycles. The van der Waals surface area contributed by atoms with Gasteiger partial charge in [-0.05, 0) is 36.8 Å². The fourth-order valence-corrected chi connectivity index (χ4v) is 2.96. The van der Waals surface area contributed by atoms with Crippen molar-refractivity contribution in [2.75, 3.05) is 38.6 Å². The number of ether oxygens (including phenoxy) is 1. The van der Waals surface area contributed by atoms with Crippen molar-refractivity contribution in [2.24, 2.45) is 0 Å². The van der Waals surface area contributed by atoms with Crippen LogP contribution in [0.25, 0.3) is 0 Å². The van der Waals surface area contributed by atoms with Gasteiger partial charge in [-0.15, -0.1) is 0 Å². The van der Waals surface area contributed by atoms with E-state index in [2.05, 4.69) is 10.6 Å². The van der Waals surface area contributed by atoms with Gasteiger partial charge in [0.2, 0.25) is 0 Å². The molecule has 6 nitrogen and oxygen atoms in total. The van der Waals surface area contributed by atoms with Crippen LogP contribution in [0.4, 0.5) is 5.69 Å². The predicted molar refractivity (Wildman–Crippen MR) is 101 cm³/mol. The minimum atomic E-state index is -0.266. The Morgan fingerprint density at radius 1 is 1.12 bits per heavy atom. The van der Waals surface area contributed by atoms with E-state index in [4.69, 9.17) is 4.74 Å². The summed E-state index contributed by atoms with van der Waals surface area (Å²) in [5.41, 5.74) is 2.55. The van der Waals surface area contributed by atoms with Gasteiger partial charge < -0.3 is 20.3 Å². The van der Waals surface area contributed by atoms with Crippen LogP contribution in [0.2, 0.25) is 0 Å². The van der Waals surface area contributed by atoms with Gasteiger partial charge in [0.1, 0.15) is 5.75 Å². The number of amides is 2. The molecule has 2 aromatic rings. The summed E-state index contributed by atoms with van der Waals surface area (Å²) in [6.07, 6.45) is 0. The zero-order valence-electron chi connectivity index (χ0n) is 15.0. The number of nitrogens with one attached hydrogen (secondary N) is 2. The topological polar surface area (TPSA) is 70.7 Å². The van der Waals surface area contributed by atoms with Gasteiger partial charge in [-0.1, -0.05) is 18.2 Å². The Bertz CT molecular complexity index is 814. The largest absolute Gasteiger partial charge is 0.496 e. The maximum Gasteiger partial charge on any atom is 0.259 e. The van der Waals surface area contributed by atoms with Crippen molar-refractivity contribution < 1.29 is 14.3 Å². The summed E-state index contributed by atoms with van der Waals surface area (Å²) in [6.45, 7) is 4.88. The number of piperazine rings is 1. The molecule has 0 bridgehead atoms. The molecule has 0 atom stereocenters. The number of anilines is 1. The highest BCUT2D eigenvalue weighted by Gasteiger charge is 2.19. The summed E-state index contributed by atoms with van der Waals surface area (Å²) < 4.78 is 5.25. The van der Waals surface area contributed by atoms with Crippen LogP contribution in [-0.2, 0) is 0 Å². The van der Waals surface area contributed by atoms with Crippen molar-refractivity contribution >= 4 is 17.5 Å². The maximum absolute atomic E-state index is 12.7. The molecule has 1 saturated heterocycles. The second kappa shape index (κ2) is 8.01. The molecule has 6 heteroatoms. The van der Waals surface area contributed by atoms with E-state index in [1.807, 2.05) is 24.0 Å². The summed E-state index contributed by atoms with van der Waals surface area (Å²) in [6, 6.07) is 12.5. The molecule has 1 heterocycles. The molecule has 0 aromatic heterocycles. The summed E-state index contributed by atoms with van der Waals surface area (Å²) in [7, 11) is 1.53. The lowest BCUT2D eigenvalue weighted by atomic mass is 10.1. The van der Waals surface area contributed by atoms with Crippen molar-refractivity contribution in [1.29, 1.82) is 0 Å². The first-order valence-corrected chi connectivity index (χ1v) is 8.65. The van der Waals surface area contributed by atoms with Crippen LogP contribution in [0.1, 0.15) is 26.3 Å². The minimum absolute atomic E-state index is 0.0145. The quantitative estimate of drug-likeness (QED) is 0.885. The number of carbonyl (C=O) groups excluding carboxylic acids is 2. The van der Waals surface area contributed by atoms with E-state index in [9.17, 15) is 9.59 Å². The number of hydrogen-bond acceptors (Lipinski definition) is 4. The fraction of sp³-hybridized carbons (Fsp3) is 0.300. The van der Waals surface area contributed by atoms with E-state index in [1.54, 1.807) is 30.3 Å². The Kier molecular flexibility index (Phi) is 5.53. The van der Waals surface area contributed by atoms with Gasteiger partial charge in [-0.25, -0.2) is 0 Å². The van der Waals surface area contributed by atoms with Crippen LogP contribution in [0.3, 0.4) is 0 Å². The summed E-state index contributed by atoms with van der Waals surface area (Å²) in [5, 5.41) is 6.13. The lowest BCUT2D eigenvalue weighted by Crippen LogP contribution is -2.46. The molecule has 2 N–H and O–H groups in total. The molecule has 2 aromatic carbocycles. The predicted octanol–water partition coefficient (Wildman–Crippen LogP) is 2.30. The van der Waals surface area contributed by atoms with Gasteiger partial charge in [-0.3, -0.25) is 9.59 Å². The smallest absolute Gasteiger partial charge is 0.259 e. The van der Waals surface area contributed by atoms with Crippen LogP contribution in [0.5, 0.6) is 5.75 Å². The number of aryl methyl sites for hydroxylation is 1. The van der Waals surface area contributed by atoms with E-state index in [0.29, 0.717) is 35.7 Å². The molecular formula is C20H23N3O3. The fourth-order valence-electron chi connectivity index (χ4n) is 2.96. The second-order valence-electron chi connectivity index (χ2n) is 6.23. The third kappa shape index (κ3) is 3.86. The summed E-state index contributed by atoms with van der Waals surface area (Å²) >= 11 is 0. The number of rotatable bonds is 4. The van der Waals surface area contributed by atoms with Crippen molar-refractivity contribution in [3.8, 4) is 5.75 Å². The molecule has 0 saturated carbocycles. The molecule has 136 valence electrons. The van der Waals surface area contributed by atoms with Gasteiger partial charge in [0.25, 0.3) is 11.8 Å². The highest BCUT2D eigenvalue weighted by Crippen LogP contribution is 2.22. The zero-order valence-corrected chi connectivity index (χ0v) is 15.0. The van der Waals surface area contributed by atoms with Gasteiger partial charge in [0.15, 0.2) is 0 Å². The van der Waals surface area contributed by atoms with Gasteiger partial charge in [-0.2, -0.15) is 0 Å². The molecule has 0 radical (unpaired) electrons. The summed E-state index contributed by atoms with van der Waals surface area (Å²) in [5.74, 6) is 0.229. The Balaban J connectivity index is 1.81. The lowest BCUT2D eigenvalue weighted by molar-refractivity contribution is 0.0735. The van der Waals surface area contributed by atoms with Gasteiger partial charge in [0.05, 0.1) is 12.7 Å². The van der Waals surface area contributed by atoms with E-state index in [0.717, 1.165) is 18.7 Å². The van der Waals surface area contributed by atoms with E-state index < -0.39 is 0 Å². The molecule has 0 aliphatic carbocycles. The molecule has 2 amide bonds. The zero-order chi connectivity index (χ0) is 18.5. The average Bonchev–Trinajstić information content (AvgIpc) is 2.69.